The number of furan rings is 1. The van der Waals surface area contributed by atoms with Crippen LogP contribution in [-0.2, 0) is 11.3 Å². The number of benzene rings is 1. The fourth-order valence-corrected chi connectivity index (χ4v) is 2.00. The quantitative estimate of drug-likeness (QED) is 0.900. The summed E-state index contributed by atoms with van der Waals surface area (Å²) in [6.45, 7) is 0.426. The first-order valence-electron chi connectivity index (χ1n) is 6.36. The third-order valence-corrected chi connectivity index (χ3v) is 3.43. The summed E-state index contributed by atoms with van der Waals surface area (Å²) in [4.78, 5) is 25.2. The number of amides is 2. The molecular weight excluding hydrogens is 336 g/mol. The predicted molar refractivity (Wildman–Crippen MR) is 81.7 cm³/mol. The highest BCUT2D eigenvalue weighted by Gasteiger charge is 2.13. The normalized spacial score (nSPS) is 10.2. The highest BCUT2D eigenvalue weighted by Crippen LogP contribution is 2.11. The number of likely N-dealkylation sites (N-methyl/N-ethyl adjacent to an activating group) is 1. The van der Waals surface area contributed by atoms with Gasteiger partial charge in [-0.2, -0.15) is 0 Å². The molecule has 5 nitrogen and oxygen atoms in total. The molecule has 2 aromatic rings. The minimum absolute atomic E-state index is 0.0629. The summed E-state index contributed by atoms with van der Waals surface area (Å²) in [7, 11) is 1.70. The van der Waals surface area contributed by atoms with Crippen LogP contribution < -0.4 is 5.32 Å². The molecule has 0 aliphatic carbocycles. The Balaban J connectivity index is 1.82. The third kappa shape index (κ3) is 4.46. The number of carbonyl (C=O) groups excluding carboxylic acids is 2. The van der Waals surface area contributed by atoms with Gasteiger partial charge in [-0.15, -0.1) is 0 Å². The molecule has 1 N–H and O–H groups in total. The van der Waals surface area contributed by atoms with E-state index in [-0.39, 0.29) is 18.2 Å². The second-order valence-corrected chi connectivity index (χ2v) is 5.45. The standard InChI is InChI=1S/C15H15BrN2O3/c1-18(10-11-4-6-12(16)7-5-11)14(19)9-17-15(20)13-3-2-8-21-13/h2-8H,9-10H2,1H3,(H,17,20). The molecule has 0 radical (unpaired) electrons. The molecule has 0 aliphatic heterocycles. The van der Waals surface area contributed by atoms with Gasteiger partial charge in [-0.3, -0.25) is 9.59 Å². The molecule has 0 atom stereocenters. The zero-order valence-corrected chi connectivity index (χ0v) is 13.1. The Bertz CT molecular complexity index is 608. The summed E-state index contributed by atoms with van der Waals surface area (Å²) >= 11 is 3.36. The Kier molecular flexibility index (Phi) is 5.16. The van der Waals surface area contributed by atoms with E-state index in [4.69, 9.17) is 4.42 Å². The summed E-state index contributed by atoms with van der Waals surface area (Å²) < 4.78 is 5.95. The molecule has 2 amide bonds. The third-order valence-electron chi connectivity index (χ3n) is 2.90. The second-order valence-electron chi connectivity index (χ2n) is 4.54. The number of hydrogen-bond acceptors (Lipinski definition) is 3. The van der Waals surface area contributed by atoms with Crippen molar-refractivity contribution in [2.24, 2.45) is 0 Å². The number of nitrogens with one attached hydrogen (secondary N) is 1. The van der Waals surface area contributed by atoms with Crippen LogP contribution in [0.1, 0.15) is 16.1 Å². The van der Waals surface area contributed by atoms with Crippen LogP contribution in [0.2, 0.25) is 0 Å². The molecule has 21 heavy (non-hydrogen) atoms. The lowest BCUT2D eigenvalue weighted by Gasteiger charge is -2.17. The molecule has 0 unspecified atom stereocenters. The van der Waals surface area contributed by atoms with E-state index in [9.17, 15) is 9.59 Å². The minimum Gasteiger partial charge on any atom is -0.459 e. The van der Waals surface area contributed by atoms with E-state index in [2.05, 4.69) is 21.2 Å². The fourth-order valence-electron chi connectivity index (χ4n) is 1.74. The molecule has 1 heterocycles. The maximum Gasteiger partial charge on any atom is 0.287 e. The number of rotatable bonds is 5. The number of carbonyl (C=O) groups is 2. The summed E-state index contributed by atoms with van der Waals surface area (Å²) in [5, 5.41) is 2.53. The molecule has 1 aromatic carbocycles. The smallest absolute Gasteiger partial charge is 0.287 e. The van der Waals surface area contributed by atoms with Gasteiger partial charge in [0, 0.05) is 18.1 Å². The Hall–Kier alpha value is -2.08. The van der Waals surface area contributed by atoms with Gasteiger partial charge in [0.05, 0.1) is 12.8 Å². The van der Waals surface area contributed by atoms with E-state index in [0.29, 0.717) is 6.54 Å². The summed E-state index contributed by atoms with van der Waals surface area (Å²) in [6.07, 6.45) is 1.41. The van der Waals surface area contributed by atoms with Crippen molar-refractivity contribution < 1.29 is 14.0 Å². The van der Waals surface area contributed by atoms with Gasteiger partial charge in [0.25, 0.3) is 5.91 Å². The van der Waals surface area contributed by atoms with Crippen molar-refractivity contribution in [1.82, 2.24) is 10.2 Å². The van der Waals surface area contributed by atoms with E-state index in [1.54, 1.807) is 24.1 Å². The summed E-state index contributed by atoms with van der Waals surface area (Å²) in [5.41, 5.74) is 1.02. The van der Waals surface area contributed by atoms with Gasteiger partial charge in [-0.25, -0.2) is 0 Å². The highest BCUT2D eigenvalue weighted by molar-refractivity contribution is 9.10. The van der Waals surface area contributed by atoms with Crippen LogP contribution in [0, 0.1) is 0 Å². The lowest BCUT2D eigenvalue weighted by atomic mass is 10.2. The minimum atomic E-state index is -0.398. The molecular formula is C15H15BrN2O3. The van der Waals surface area contributed by atoms with Gasteiger partial charge in [0.1, 0.15) is 0 Å². The van der Waals surface area contributed by atoms with E-state index in [1.165, 1.54) is 6.26 Å². The van der Waals surface area contributed by atoms with Crippen LogP contribution in [0.15, 0.2) is 51.6 Å². The van der Waals surface area contributed by atoms with Gasteiger partial charge in [0.2, 0.25) is 5.91 Å². The van der Waals surface area contributed by atoms with Gasteiger partial charge in [-0.05, 0) is 29.8 Å². The van der Waals surface area contributed by atoms with Crippen LogP contribution in [0.25, 0.3) is 0 Å². The van der Waals surface area contributed by atoms with Crippen LogP contribution in [-0.4, -0.2) is 30.3 Å². The maximum atomic E-state index is 12.0. The van der Waals surface area contributed by atoms with Crippen molar-refractivity contribution in [2.75, 3.05) is 13.6 Å². The van der Waals surface area contributed by atoms with Crippen molar-refractivity contribution in [3.05, 3.63) is 58.5 Å². The van der Waals surface area contributed by atoms with Crippen LogP contribution in [0.3, 0.4) is 0 Å². The largest absolute Gasteiger partial charge is 0.459 e. The summed E-state index contributed by atoms with van der Waals surface area (Å²) in [5.74, 6) is -0.374. The van der Waals surface area contributed by atoms with E-state index < -0.39 is 5.91 Å². The van der Waals surface area contributed by atoms with Gasteiger partial charge in [-0.1, -0.05) is 28.1 Å². The predicted octanol–water partition coefficient (Wildman–Crippen LogP) is 2.43. The van der Waals surface area contributed by atoms with E-state index in [0.717, 1.165) is 10.0 Å². The van der Waals surface area contributed by atoms with Crippen LogP contribution in [0.5, 0.6) is 0 Å². The van der Waals surface area contributed by atoms with Crippen molar-refractivity contribution in [3.8, 4) is 0 Å². The average Bonchev–Trinajstić information content (AvgIpc) is 3.01. The van der Waals surface area contributed by atoms with Crippen molar-refractivity contribution in [1.29, 1.82) is 0 Å². The van der Waals surface area contributed by atoms with Gasteiger partial charge >= 0.3 is 0 Å². The van der Waals surface area contributed by atoms with Gasteiger partial charge in [0.15, 0.2) is 5.76 Å². The van der Waals surface area contributed by atoms with E-state index >= 15 is 0 Å². The first-order valence-corrected chi connectivity index (χ1v) is 7.15. The van der Waals surface area contributed by atoms with Crippen LogP contribution >= 0.6 is 15.9 Å². The molecule has 0 saturated heterocycles. The zero-order chi connectivity index (χ0) is 15.2. The fraction of sp³-hybridized carbons (Fsp3) is 0.200. The van der Waals surface area contributed by atoms with Crippen molar-refractivity contribution in [2.45, 2.75) is 6.54 Å². The first kappa shape index (κ1) is 15.3. The molecule has 0 aliphatic rings. The SMILES string of the molecule is CN(Cc1ccc(Br)cc1)C(=O)CNC(=O)c1ccco1. The molecule has 2 rings (SSSR count). The lowest BCUT2D eigenvalue weighted by molar-refractivity contribution is -0.129. The zero-order valence-electron chi connectivity index (χ0n) is 11.5. The highest BCUT2D eigenvalue weighted by atomic mass is 79.9. The topological polar surface area (TPSA) is 62.6 Å². The second kappa shape index (κ2) is 7.08. The number of nitrogens with zero attached hydrogens (tertiary/aromatic N) is 1. The molecule has 0 spiro atoms. The lowest BCUT2D eigenvalue weighted by Crippen LogP contribution is -2.37. The Morgan fingerprint density at radius 1 is 1.24 bits per heavy atom. The molecule has 110 valence electrons. The Morgan fingerprint density at radius 3 is 2.57 bits per heavy atom. The molecule has 1 aromatic heterocycles. The molecule has 0 bridgehead atoms. The monoisotopic (exact) mass is 350 g/mol. The first-order chi connectivity index (χ1) is 10.1. The number of hydrogen-bond donors (Lipinski definition) is 1. The molecule has 6 heteroatoms. The molecule has 0 saturated carbocycles. The van der Waals surface area contributed by atoms with Crippen molar-refractivity contribution in [3.63, 3.8) is 0 Å². The van der Waals surface area contributed by atoms with Gasteiger partial charge < -0.3 is 14.6 Å². The summed E-state index contributed by atoms with van der Waals surface area (Å²) in [6, 6.07) is 10.9. The van der Waals surface area contributed by atoms with Crippen LogP contribution in [0.4, 0.5) is 0 Å². The average molecular weight is 351 g/mol. The van der Waals surface area contributed by atoms with E-state index in [1.807, 2.05) is 24.3 Å². The number of halogens is 1. The van der Waals surface area contributed by atoms with Crippen molar-refractivity contribution >= 4 is 27.7 Å². The molecule has 0 fully saturated rings. The Morgan fingerprint density at radius 2 is 1.95 bits per heavy atom. The Labute approximate surface area is 131 Å². The maximum absolute atomic E-state index is 12.0.